The second-order valence-electron chi connectivity index (χ2n) is 4.66. The summed E-state index contributed by atoms with van der Waals surface area (Å²) in [6, 6.07) is 0.349. The van der Waals surface area contributed by atoms with Crippen molar-refractivity contribution >= 4 is 11.3 Å². The minimum absolute atomic E-state index is 0.349. The molecule has 0 radical (unpaired) electrons. The van der Waals surface area contributed by atoms with Gasteiger partial charge in [-0.25, -0.2) is 4.98 Å². The summed E-state index contributed by atoms with van der Waals surface area (Å²) in [6.07, 6.45) is 1.16. The van der Waals surface area contributed by atoms with Gasteiger partial charge < -0.3 is 5.73 Å². The van der Waals surface area contributed by atoms with Gasteiger partial charge in [0.05, 0.1) is 11.2 Å². The van der Waals surface area contributed by atoms with Crippen molar-refractivity contribution in [3.63, 3.8) is 0 Å². The van der Waals surface area contributed by atoms with Crippen LogP contribution in [0.25, 0.3) is 0 Å². The van der Waals surface area contributed by atoms with Crippen molar-refractivity contribution in [2.45, 2.75) is 32.9 Å². The van der Waals surface area contributed by atoms with Crippen molar-refractivity contribution in [2.75, 3.05) is 13.1 Å². The van der Waals surface area contributed by atoms with Crippen molar-refractivity contribution in [3.05, 3.63) is 16.1 Å². The third-order valence-electron chi connectivity index (χ3n) is 2.98. The molecule has 84 valence electrons. The van der Waals surface area contributed by atoms with Gasteiger partial charge in [0.25, 0.3) is 0 Å². The number of aromatic nitrogens is 1. The zero-order chi connectivity index (χ0) is 10.8. The maximum Gasteiger partial charge on any atom is 0.0798 e. The molecule has 0 bridgehead atoms. The van der Waals surface area contributed by atoms with Crippen LogP contribution in [-0.4, -0.2) is 29.0 Å². The Bertz CT molecular complexity index is 313. The van der Waals surface area contributed by atoms with Gasteiger partial charge >= 0.3 is 0 Å². The average Bonchev–Trinajstić information content (AvgIpc) is 2.50. The molecule has 3 nitrogen and oxygen atoms in total. The summed E-state index contributed by atoms with van der Waals surface area (Å²) in [6.45, 7) is 7.59. The summed E-state index contributed by atoms with van der Waals surface area (Å²) < 4.78 is 0. The maximum absolute atomic E-state index is 6.03. The fourth-order valence-electron chi connectivity index (χ4n) is 2.32. The van der Waals surface area contributed by atoms with E-state index in [4.69, 9.17) is 5.73 Å². The van der Waals surface area contributed by atoms with Crippen LogP contribution in [0.1, 0.15) is 23.9 Å². The van der Waals surface area contributed by atoms with Crippen LogP contribution >= 0.6 is 11.3 Å². The van der Waals surface area contributed by atoms with Crippen LogP contribution in [0.2, 0.25) is 0 Å². The van der Waals surface area contributed by atoms with Gasteiger partial charge in [-0.2, -0.15) is 0 Å². The molecule has 0 saturated carbocycles. The fourth-order valence-corrected chi connectivity index (χ4v) is 3.14. The first-order valence-corrected chi connectivity index (χ1v) is 6.40. The minimum Gasteiger partial charge on any atom is -0.327 e. The molecule has 0 amide bonds. The van der Waals surface area contributed by atoms with E-state index in [1.807, 2.05) is 5.51 Å². The highest BCUT2D eigenvalue weighted by Crippen LogP contribution is 2.20. The summed E-state index contributed by atoms with van der Waals surface area (Å²) in [5.74, 6) is 0.724. The number of hydrogen-bond acceptors (Lipinski definition) is 4. The lowest BCUT2D eigenvalue weighted by Crippen LogP contribution is -2.45. The number of nitrogens with two attached hydrogens (primary N) is 1. The summed E-state index contributed by atoms with van der Waals surface area (Å²) in [5, 5.41) is 0. The topological polar surface area (TPSA) is 42.2 Å². The molecular weight excluding hydrogens is 206 g/mol. The van der Waals surface area contributed by atoms with Crippen LogP contribution in [0.5, 0.6) is 0 Å². The number of piperidine rings is 1. The van der Waals surface area contributed by atoms with Crippen molar-refractivity contribution in [3.8, 4) is 0 Å². The Morgan fingerprint density at radius 2 is 2.40 bits per heavy atom. The molecule has 1 saturated heterocycles. The molecule has 0 aromatic carbocycles. The van der Waals surface area contributed by atoms with Crippen molar-refractivity contribution in [2.24, 2.45) is 11.7 Å². The first kappa shape index (κ1) is 11.0. The van der Waals surface area contributed by atoms with Gasteiger partial charge in [0.15, 0.2) is 0 Å². The average molecular weight is 225 g/mol. The second-order valence-corrected chi connectivity index (χ2v) is 5.60. The summed E-state index contributed by atoms with van der Waals surface area (Å²) >= 11 is 1.75. The van der Waals surface area contributed by atoms with Crippen molar-refractivity contribution in [1.82, 2.24) is 9.88 Å². The van der Waals surface area contributed by atoms with E-state index in [0.717, 1.165) is 25.4 Å². The molecule has 2 N–H and O–H groups in total. The normalized spacial score (nSPS) is 28.2. The fraction of sp³-hybridized carbons (Fsp3) is 0.727. The van der Waals surface area contributed by atoms with E-state index in [9.17, 15) is 0 Å². The van der Waals surface area contributed by atoms with Gasteiger partial charge in [-0.1, -0.05) is 6.92 Å². The number of thiazole rings is 1. The molecule has 1 aromatic rings. The number of aryl methyl sites for hydroxylation is 1. The first-order chi connectivity index (χ1) is 7.15. The molecule has 2 unspecified atom stereocenters. The van der Waals surface area contributed by atoms with E-state index in [0.29, 0.717) is 6.04 Å². The SMILES string of the molecule is Cc1ncsc1CN1CC(C)CC(N)C1. The minimum atomic E-state index is 0.349. The second kappa shape index (κ2) is 4.60. The largest absolute Gasteiger partial charge is 0.327 e. The Kier molecular flexibility index (Phi) is 3.38. The summed E-state index contributed by atoms with van der Waals surface area (Å²) in [5.41, 5.74) is 9.13. The third-order valence-corrected chi connectivity index (χ3v) is 3.90. The van der Waals surface area contributed by atoms with Crippen LogP contribution in [0, 0.1) is 12.8 Å². The third kappa shape index (κ3) is 2.77. The highest BCUT2D eigenvalue weighted by Gasteiger charge is 2.22. The number of likely N-dealkylation sites (tertiary alicyclic amines) is 1. The molecule has 15 heavy (non-hydrogen) atoms. The van der Waals surface area contributed by atoms with Gasteiger partial charge in [-0.3, -0.25) is 4.90 Å². The standard InChI is InChI=1S/C11H19N3S/c1-8-3-10(12)5-14(4-8)6-11-9(2)13-7-15-11/h7-8,10H,3-6,12H2,1-2H3. The predicted octanol–water partition coefficient (Wildman–Crippen LogP) is 1.62. The Morgan fingerprint density at radius 1 is 1.60 bits per heavy atom. The van der Waals surface area contributed by atoms with Crippen LogP contribution < -0.4 is 5.73 Å². The van der Waals surface area contributed by atoms with Gasteiger partial charge in [-0.15, -0.1) is 11.3 Å². The molecular formula is C11H19N3S. The molecule has 1 aliphatic rings. The molecule has 0 spiro atoms. The van der Waals surface area contributed by atoms with E-state index < -0.39 is 0 Å². The maximum atomic E-state index is 6.03. The van der Waals surface area contributed by atoms with Gasteiger partial charge in [-0.05, 0) is 19.3 Å². The Labute approximate surface area is 95.3 Å². The Morgan fingerprint density at radius 3 is 3.00 bits per heavy atom. The molecule has 1 aromatic heterocycles. The van der Waals surface area contributed by atoms with E-state index in [1.54, 1.807) is 11.3 Å². The lowest BCUT2D eigenvalue weighted by molar-refractivity contribution is 0.159. The van der Waals surface area contributed by atoms with Gasteiger partial charge in [0.1, 0.15) is 0 Å². The Balaban J connectivity index is 1.97. The summed E-state index contributed by atoms with van der Waals surface area (Å²) in [4.78, 5) is 8.12. The zero-order valence-electron chi connectivity index (χ0n) is 9.44. The molecule has 2 heterocycles. The highest BCUT2D eigenvalue weighted by atomic mass is 32.1. The predicted molar refractivity (Wildman–Crippen MR) is 63.9 cm³/mol. The molecule has 2 atom stereocenters. The lowest BCUT2D eigenvalue weighted by Gasteiger charge is -2.34. The van der Waals surface area contributed by atoms with E-state index in [2.05, 4.69) is 23.7 Å². The molecule has 2 rings (SSSR count). The number of rotatable bonds is 2. The quantitative estimate of drug-likeness (QED) is 0.831. The van der Waals surface area contributed by atoms with Crippen LogP contribution in [0.3, 0.4) is 0 Å². The zero-order valence-corrected chi connectivity index (χ0v) is 10.3. The molecule has 4 heteroatoms. The van der Waals surface area contributed by atoms with E-state index >= 15 is 0 Å². The lowest BCUT2D eigenvalue weighted by atomic mass is 9.96. The highest BCUT2D eigenvalue weighted by molar-refractivity contribution is 7.09. The summed E-state index contributed by atoms with van der Waals surface area (Å²) in [7, 11) is 0. The van der Waals surface area contributed by atoms with Crippen LogP contribution in [0.15, 0.2) is 5.51 Å². The smallest absolute Gasteiger partial charge is 0.0798 e. The van der Waals surface area contributed by atoms with E-state index in [1.165, 1.54) is 17.1 Å². The number of nitrogens with zero attached hydrogens (tertiary/aromatic N) is 2. The molecule has 1 aliphatic heterocycles. The van der Waals surface area contributed by atoms with E-state index in [-0.39, 0.29) is 0 Å². The van der Waals surface area contributed by atoms with Crippen LogP contribution in [0.4, 0.5) is 0 Å². The molecule has 0 aliphatic carbocycles. The number of hydrogen-bond donors (Lipinski definition) is 1. The van der Waals surface area contributed by atoms with Gasteiger partial charge in [0.2, 0.25) is 0 Å². The van der Waals surface area contributed by atoms with Crippen LogP contribution in [-0.2, 0) is 6.54 Å². The van der Waals surface area contributed by atoms with Crippen molar-refractivity contribution < 1.29 is 0 Å². The van der Waals surface area contributed by atoms with Gasteiger partial charge in [0, 0.05) is 30.6 Å². The first-order valence-electron chi connectivity index (χ1n) is 5.52. The molecule has 1 fully saturated rings. The van der Waals surface area contributed by atoms with Crippen molar-refractivity contribution in [1.29, 1.82) is 0 Å². The monoisotopic (exact) mass is 225 g/mol. The Hall–Kier alpha value is -0.450.